The van der Waals surface area contributed by atoms with Crippen LogP contribution in [0.3, 0.4) is 0 Å². The largest absolute Gasteiger partial charge is 0.456 e. The van der Waals surface area contributed by atoms with Crippen LogP contribution in [0.2, 0.25) is 0 Å². The van der Waals surface area contributed by atoms with Gasteiger partial charge in [-0.15, -0.1) is 0 Å². The highest BCUT2D eigenvalue weighted by atomic mass is 19.1. The van der Waals surface area contributed by atoms with Crippen molar-refractivity contribution in [2.24, 2.45) is 0 Å². The van der Waals surface area contributed by atoms with Gasteiger partial charge in [-0.2, -0.15) is 0 Å². The van der Waals surface area contributed by atoms with Gasteiger partial charge in [-0.1, -0.05) is 6.07 Å². The smallest absolute Gasteiger partial charge is 0.325 e. The lowest BCUT2D eigenvalue weighted by Gasteiger charge is -2.15. The predicted molar refractivity (Wildman–Crippen MR) is 89.5 cm³/mol. The Bertz CT molecular complexity index is 735. The van der Waals surface area contributed by atoms with Crippen LogP contribution in [0.15, 0.2) is 24.3 Å². The second-order valence-electron chi connectivity index (χ2n) is 6.33. The number of imide groups is 1. The van der Waals surface area contributed by atoms with E-state index in [1.165, 1.54) is 18.2 Å². The Balaban J connectivity index is 1.68. The Morgan fingerprint density at radius 3 is 2.65 bits per heavy atom. The van der Waals surface area contributed by atoms with Gasteiger partial charge in [-0.3, -0.25) is 19.3 Å². The molecule has 1 aromatic rings. The molecule has 1 saturated heterocycles. The summed E-state index contributed by atoms with van der Waals surface area (Å²) < 4.78 is 17.8. The molecule has 26 heavy (non-hydrogen) atoms. The molecule has 140 valence electrons. The number of nitrogens with zero attached hydrogens (tertiary/aromatic N) is 1. The van der Waals surface area contributed by atoms with Crippen molar-refractivity contribution in [3.63, 3.8) is 0 Å². The second kappa shape index (κ2) is 7.94. The molecule has 0 aliphatic carbocycles. The average molecular weight is 365 g/mol. The van der Waals surface area contributed by atoms with E-state index in [9.17, 15) is 23.6 Å². The van der Waals surface area contributed by atoms with E-state index in [1.807, 2.05) is 0 Å². The number of rotatable bonds is 7. The van der Waals surface area contributed by atoms with Gasteiger partial charge in [0.15, 0.2) is 6.61 Å². The fourth-order valence-corrected chi connectivity index (χ4v) is 2.38. The minimum absolute atomic E-state index is 0.0509. The van der Waals surface area contributed by atoms with Crippen LogP contribution < -0.4 is 10.6 Å². The zero-order chi connectivity index (χ0) is 19.3. The van der Waals surface area contributed by atoms with Gasteiger partial charge in [0.05, 0.1) is 0 Å². The summed E-state index contributed by atoms with van der Waals surface area (Å²) in [5.41, 5.74) is -0.695. The minimum Gasteiger partial charge on any atom is -0.456 e. The Labute approximate surface area is 149 Å². The van der Waals surface area contributed by atoms with Gasteiger partial charge in [-0.05, 0) is 38.5 Å². The summed E-state index contributed by atoms with van der Waals surface area (Å²) in [6.07, 6.45) is 0.171. The molecule has 2 rings (SSSR count). The second-order valence-corrected chi connectivity index (χ2v) is 6.33. The normalized spacial score (nSPS) is 15.6. The van der Waals surface area contributed by atoms with E-state index in [0.717, 1.165) is 11.0 Å². The maximum atomic E-state index is 13.0. The van der Waals surface area contributed by atoms with Crippen molar-refractivity contribution in [2.45, 2.75) is 32.2 Å². The molecule has 9 heteroatoms. The van der Waals surface area contributed by atoms with E-state index in [0.29, 0.717) is 0 Å². The first kappa shape index (κ1) is 19.4. The van der Waals surface area contributed by atoms with E-state index in [-0.39, 0.29) is 31.0 Å². The molecular weight excluding hydrogens is 345 g/mol. The zero-order valence-corrected chi connectivity index (χ0v) is 14.5. The fraction of sp³-hybridized carbons (Fsp3) is 0.412. The van der Waals surface area contributed by atoms with Crippen molar-refractivity contribution in [3.8, 4) is 0 Å². The highest BCUT2D eigenvalue weighted by Gasteiger charge is 2.43. The summed E-state index contributed by atoms with van der Waals surface area (Å²) in [4.78, 5) is 48.0. The number of esters is 1. The van der Waals surface area contributed by atoms with Crippen LogP contribution in [0, 0.1) is 5.82 Å². The van der Waals surface area contributed by atoms with Crippen LogP contribution in [0.4, 0.5) is 14.9 Å². The van der Waals surface area contributed by atoms with Crippen molar-refractivity contribution in [2.75, 3.05) is 18.5 Å². The lowest BCUT2D eigenvalue weighted by Crippen LogP contribution is -2.40. The number of carbonyl (C=O) groups is 4. The molecule has 4 amide bonds. The summed E-state index contributed by atoms with van der Waals surface area (Å²) in [7, 11) is 0. The summed E-state index contributed by atoms with van der Waals surface area (Å²) in [5.74, 6) is -2.08. The van der Waals surface area contributed by atoms with Gasteiger partial charge in [0.25, 0.3) is 11.8 Å². The molecule has 1 fully saturated rings. The molecule has 0 aromatic heterocycles. The molecule has 0 unspecified atom stereocenters. The van der Waals surface area contributed by atoms with Gasteiger partial charge < -0.3 is 15.4 Å². The van der Waals surface area contributed by atoms with Gasteiger partial charge in [-0.25, -0.2) is 9.18 Å². The molecule has 1 heterocycles. The number of carbonyl (C=O) groups excluding carboxylic acids is 4. The van der Waals surface area contributed by atoms with Crippen LogP contribution in [0.1, 0.15) is 26.7 Å². The Morgan fingerprint density at radius 1 is 1.31 bits per heavy atom. The molecule has 0 radical (unpaired) electrons. The monoisotopic (exact) mass is 365 g/mol. The van der Waals surface area contributed by atoms with E-state index in [4.69, 9.17) is 4.74 Å². The molecule has 8 nitrogen and oxygen atoms in total. The van der Waals surface area contributed by atoms with Gasteiger partial charge in [0.1, 0.15) is 11.4 Å². The Kier molecular flexibility index (Phi) is 5.91. The number of benzene rings is 1. The molecule has 0 saturated carbocycles. The number of urea groups is 1. The Hall–Kier alpha value is -2.97. The van der Waals surface area contributed by atoms with Crippen molar-refractivity contribution in [3.05, 3.63) is 30.1 Å². The predicted octanol–water partition coefficient (Wildman–Crippen LogP) is 1.42. The zero-order valence-electron chi connectivity index (χ0n) is 14.5. The van der Waals surface area contributed by atoms with Gasteiger partial charge in [0, 0.05) is 18.7 Å². The SMILES string of the molecule is CC1(C)NC(=O)N(CCCC(=O)OCC(=O)Nc2cccc(F)c2)C1=O. The van der Waals surface area contributed by atoms with Crippen LogP contribution in [-0.4, -0.2) is 47.4 Å². The third-order valence-corrected chi connectivity index (χ3v) is 3.68. The highest BCUT2D eigenvalue weighted by Crippen LogP contribution is 2.17. The molecule has 1 aromatic carbocycles. The van der Waals surface area contributed by atoms with Gasteiger partial charge >= 0.3 is 12.0 Å². The number of halogens is 1. The Morgan fingerprint density at radius 2 is 2.04 bits per heavy atom. The van der Waals surface area contributed by atoms with E-state index in [1.54, 1.807) is 13.8 Å². The third-order valence-electron chi connectivity index (χ3n) is 3.68. The number of amides is 4. The lowest BCUT2D eigenvalue weighted by molar-refractivity contribution is -0.147. The van der Waals surface area contributed by atoms with E-state index < -0.39 is 35.9 Å². The first-order chi connectivity index (χ1) is 12.2. The van der Waals surface area contributed by atoms with Crippen molar-refractivity contribution in [1.29, 1.82) is 0 Å². The van der Waals surface area contributed by atoms with E-state index >= 15 is 0 Å². The van der Waals surface area contributed by atoms with Crippen LogP contribution in [-0.2, 0) is 19.1 Å². The molecule has 0 bridgehead atoms. The maximum absolute atomic E-state index is 13.0. The first-order valence-corrected chi connectivity index (χ1v) is 8.04. The van der Waals surface area contributed by atoms with Crippen LogP contribution in [0.5, 0.6) is 0 Å². The molecule has 0 atom stereocenters. The fourth-order valence-electron chi connectivity index (χ4n) is 2.38. The van der Waals surface area contributed by atoms with Crippen molar-refractivity contribution < 1.29 is 28.3 Å². The summed E-state index contributed by atoms with van der Waals surface area (Å²) in [6.45, 7) is 2.77. The van der Waals surface area contributed by atoms with Gasteiger partial charge in [0.2, 0.25) is 0 Å². The number of anilines is 1. The quantitative estimate of drug-likeness (QED) is 0.562. The first-order valence-electron chi connectivity index (χ1n) is 8.04. The van der Waals surface area contributed by atoms with Crippen molar-refractivity contribution >= 4 is 29.5 Å². The number of hydrogen-bond acceptors (Lipinski definition) is 5. The summed E-state index contributed by atoms with van der Waals surface area (Å²) >= 11 is 0. The topological polar surface area (TPSA) is 105 Å². The molecule has 0 spiro atoms. The maximum Gasteiger partial charge on any atom is 0.325 e. The standard InChI is InChI=1S/C17H20FN3O5/c1-17(2)15(24)21(16(25)20-17)8-4-7-14(23)26-10-13(22)19-12-6-3-5-11(18)9-12/h3,5-6,9H,4,7-8,10H2,1-2H3,(H,19,22)(H,20,25). The molecular formula is C17H20FN3O5. The summed E-state index contributed by atoms with van der Waals surface area (Å²) in [5, 5.41) is 4.94. The highest BCUT2D eigenvalue weighted by molar-refractivity contribution is 6.06. The number of nitrogens with one attached hydrogen (secondary N) is 2. The number of ether oxygens (including phenoxy) is 1. The third kappa shape index (κ3) is 5.01. The minimum atomic E-state index is -0.952. The molecule has 2 N–H and O–H groups in total. The molecule has 1 aliphatic rings. The number of hydrogen-bond donors (Lipinski definition) is 2. The molecule has 1 aliphatic heterocycles. The van der Waals surface area contributed by atoms with Crippen LogP contribution in [0.25, 0.3) is 0 Å². The summed E-state index contributed by atoms with van der Waals surface area (Å²) in [6, 6.07) is 4.82. The average Bonchev–Trinajstić information content (AvgIpc) is 2.74. The van der Waals surface area contributed by atoms with Crippen molar-refractivity contribution in [1.82, 2.24) is 10.2 Å². The lowest BCUT2D eigenvalue weighted by atomic mass is 10.1. The van der Waals surface area contributed by atoms with Crippen LogP contribution >= 0.6 is 0 Å². The van der Waals surface area contributed by atoms with E-state index in [2.05, 4.69) is 10.6 Å².